The number of halogens is 2. The van der Waals surface area contributed by atoms with Gasteiger partial charge in [-0.3, -0.25) is 4.68 Å². The van der Waals surface area contributed by atoms with Crippen LogP contribution >= 0.6 is 23.2 Å². The first-order chi connectivity index (χ1) is 7.08. The Morgan fingerprint density at radius 1 is 1.20 bits per heavy atom. The van der Waals surface area contributed by atoms with Gasteiger partial charge in [-0.15, -0.1) is 0 Å². The molecule has 78 valence electrons. The van der Waals surface area contributed by atoms with Crippen molar-refractivity contribution in [2.45, 2.75) is 6.92 Å². The average Bonchev–Trinajstić information content (AvgIpc) is 2.44. The molecular formula is C10H9Cl2N3. The van der Waals surface area contributed by atoms with Gasteiger partial charge in [0.25, 0.3) is 0 Å². The van der Waals surface area contributed by atoms with Gasteiger partial charge < -0.3 is 0 Å². The summed E-state index contributed by atoms with van der Waals surface area (Å²) in [5.41, 5.74) is 3.01. The third-order valence-corrected chi connectivity index (χ3v) is 2.55. The molecule has 0 radical (unpaired) electrons. The second-order valence-corrected chi connectivity index (χ2v) is 4.08. The Balaban J connectivity index is 2.63. The molecule has 0 unspecified atom stereocenters. The Morgan fingerprint density at radius 2 is 1.80 bits per heavy atom. The van der Waals surface area contributed by atoms with Crippen LogP contribution in [-0.2, 0) is 7.05 Å². The van der Waals surface area contributed by atoms with Gasteiger partial charge in [-0.05, 0) is 24.6 Å². The highest BCUT2D eigenvalue weighted by molar-refractivity contribution is 6.32. The standard InChI is InChI=1S/C10H9Cl2N3/c1-6-5-13-15(2)10(6)7-3-8(11)14-9(12)4-7/h3-5H,1-2H3. The lowest BCUT2D eigenvalue weighted by atomic mass is 10.1. The molecule has 0 aliphatic heterocycles. The first-order valence-corrected chi connectivity index (χ1v) is 5.15. The predicted octanol–water partition coefficient (Wildman–Crippen LogP) is 3.10. The normalized spacial score (nSPS) is 10.7. The first-order valence-electron chi connectivity index (χ1n) is 4.40. The van der Waals surface area contributed by atoms with Crippen molar-refractivity contribution in [3.63, 3.8) is 0 Å². The van der Waals surface area contributed by atoms with Crippen molar-refractivity contribution in [1.29, 1.82) is 0 Å². The van der Waals surface area contributed by atoms with E-state index in [4.69, 9.17) is 23.2 Å². The lowest BCUT2D eigenvalue weighted by molar-refractivity contribution is 0.775. The molecule has 0 spiro atoms. The molecular weight excluding hydrogens is 233 g/mol. The summed E-state index contributed by atoms with van der Waals surface area (Å²) < 4.78 is 1.79. The lowest BCUT2D eigenvalue weighted by Gasteiger charge is -2.04. The molecule has 2 aromatic heterocycles. The molecule has 15 heavy (non-hydrogen) atoms. The first kappa shape index (κ1) is 10.5. The number of aromatic nitrogens is 3. The molecule has 0 bridgehead atoms. The van der Waals surface area contributed by atoms with Crippen LogP contribution in [-0.4, -0.2) is 14.8 Å². The van der Waals surface area contributed by atoms with Gasteiger partial charge in [-0.25, -0.2) is 4.98 Å². The van der Waals surface area contributed by atoms with Crippen LogP contribution in [0.4, 0.5) is 0 Å². The summed E-state index contributed by atoms with van der Waals surface area (Å²) in [4.78, 5) is 3.90. The fourth-order valence-corrected chi connectivity index (χ4v) is 2.02. The van der Waals surface area contributed by atoms with E-state index in [2.05, 4.69) is 10.1 Å². The van der Waals surface area contributed by atoms with Gasteiger partial charge in [-0.2, -0.15) is 5.10 Å². The Labute approximate surface area is 97.7 Å². The SMILES string of the molecule is Cc1cnn(C)c1-c1cc(Cl)nc(Cl)c1. The van der Waals surface area contributed by atoms with E-state index in [1.165, 1.54) is 0 Å². The van der Waals surface area contributed by atoms with Gasteiger partial charge in [0, 0.05) is 12.6 Å². The molecule has 0 aromatic carbocycles. The average molecular weight is 242 g/mol. The zero-order chi connectivity index (χ0) is 11.0. The third kappa shape index (κ3) is 1.98. The summed E-state index contributed by atoms with van der Waals surface area (Å²) in [6, 6.07) is 3.55. The van der Waals surface area contributed by atoms with E-state index in [-0.39, 0.29) is 0 Å². The van der Waals surface area contributed by atoms with Crippen LogP contribution < -0.4 is 0 Å². The highest BCUT2D eigenvalue weighted by atomic mass is 35.5. The molecule has 3 nitrogen and oxygen atoms in total. The Bertz CT molecular complexity index is 466. The van der Waals surface area contributed by atoms with Crippen molar-refractivity contribution in [3.05, 3.63) is 34.2 Å². The number of rotatable bonds is 1. The minimum absolute atomic E-state index is 0.387. The molecule has 2 heterocycles. The Kier molecular flexibility index (Phi) is 2.67. The van der Waals surface area contributed by atoms with Crippen molar-refractivity contribution < 1.29 is 0 Å². The van der Waals surface area contributed by atoms with Gasteiger partial charge in [0.05, 0.1) is 11.9 Å². The lowest BCUT2D eigenvalue weighted by Crippen LogP contribution is -1.95. The van der Waals surface area contributed by atoms with Gasteiger partial charge in [0.1, 0.15) is 10.3 Å². The quantitative estimate of drug-likeness (QED) is 0.719. The molecule has 5 heteroatoms. The number of hydrogen-bond donors (Lipinski definition) is 0. The molecule has 0 atom stereocenters. The second-order valence-electron chi connectivity index (χ2n) is 3.30. The molecule has 0 aliphatic carbocycles. The van der Waals surface area contributed by atoms with Crippen molar-refractivity contribution in [1.82, 2.24) is 14.8 Å². The van der Waals surface area contributed by atoms with Crippen LogP contribution in [0.5, 0.6) is 0 Å². The number of pyridine rings is 1. The van der Waals surface area contributed by atoms with E-state index in [9.17, 15) is 0 Å². The summed E-state index contributed by atoms with van der Waals surface area (Å²) in [5.74, 6) is 0. The van der Waals surface area contributed by atoms with Crippen LogP contribution in [0.2, 0.25) is 10.3 Å². The van der Waals surface area contributed by atoms with E-state index in [1.807, 2.05) is 14.0 Å². The summed E-state index contributed by atoms with van der Waals surface area (Å²) in [6.45, 7) is 1.99. The summed E-state index contributed by atoms with van der Waals surface area (Å²) in [6.07, 6.45) is 1.80. The van der Waals surface area contributed by atoms with E-state index < -0.39 is 0 Å². The maximum atomic E-state index is 5.85. The summed E-state index contributed by atoms with van der Waals surface area (Å²) in [7, 11) is 1.88. The topological polar surface area (TPSA) is 30.7 Å². The van der Waals surface area contributed by atoms with Gasteiger partial charge in [-0.1, -0.05) is 23.2 Å². The van der Waals surface area contributed by atoms with E-state index in [1.54, 1.807) is 23.0 Å². The van der Waals surface area contributed by atoms with Crippen molar-refractivity contribution in [3.8, 4) is 11.3 Å². The number of hydrogen-bond acceptors (Lipinski definition) is 2. The van der Waals surface area contributed by atoms with E-state index in [0.717, 1.165) is 16.8 Å². The maximum absolute atomic E-state index is 5.85. The minimum Gasteiger partial charge on any atom is -0.268 e. The van der Waals surface area contributed by atoms with Crippen LogP contribution in [0.25, 0.3) is 11.3 Å². The highest BCUT2D eigenvalue weighted by Gasteiger charge is 2.09. The van der Waals surface area contributed by atoms with E-state index >= 15 is 0 Å². The predicted molar refractivity (Wildman–Crippen MR) is 61.2 cm³/mol. The molecule has 0 amide bonds. The highest BCUT2D eigenvalue weighted by Crippen LogP contribution is 2.26. The largest absolute Gasteiger partial charge is 0.268 e. The molecule has 2 rings (SSSR count). The minimum atomic E-state index is 0.387. The molecule has 0 saturated heterocycles. The maximum Gasteiger partial charge on any atom is 0.131 e. The number of nitrogens with zero attached hydrogens (tertiary/aromatic N) is 3. The third-order valence-electron chi connectivity index (χ3n) is 2.16. The number of aryl methyl sites for hydroxylation is 2. The van der Waals surface area contributed by atoms with Crippen molar-refractivity contribution in [2.24, 2.45) is 7.05 Å². The van der Waals surface area contributed by atoms with Gasteiger partial charge in [0.2, 0.25) is 0 Å². The van der Waals surface area contributed by atoms with Gasteiger partial charge in [0.15, 0.2) is 0 Å². The fourth-order valence-electron chi connectivity index (χ4n) is 1.56. The van der Waals surface area contributed by atoms with Crippen LogP contribution in [0, 0.1) is 6.92 Å². The molecule has 0 saturated carbocycles. The smallest absolute Gasteiger partial charge is 0.131 e. The summed E-state index contributed by atoms with van der Waals surface area (Å²) >= 11 is 11.7. The molecule has 0 aliphatic rings. The zero-order valence-corrected chi connectivity index (χ0v) is 9.84. The second kappa shape index (κ2) is 3.83. The van der Waals surface area contributed by atoms with Crippen molar-refractivity contribution in [2.75, 3.05) is 0 Å². The Hall–Kier alpha value is -1.06. The Morgan fingerprint density at radius 3 is 2.27 bits per heavy atom. The molecule has 2 aromatic rings. The van der Waals surface area contributed by atoms with Crippen molar-refractivity contribution >= 4 is 23.2 Å². The van der Waals surface area contributed by atoms with Crippen LogP contribution in [0.15, 0.2) is 18.3 Å². The molecule has 0 fully saturated rings. The van der Waals surface area contributed by atoms with Crippen LogP contribution in [0.3, 0.4) is 0 Å². The van der Waals surface area contributed by atoms with E-state index in [0.29, 0.717) is 10.3 Å². The van der Waals surface area contributed by atoms with Gasteiger partial charge >= 0.3 is 0 Å². The molecule has 0 N–H and O–H groups in total. The zero-order valence-electron chi connectivity index (χ0n) is 8.33. The van der Waals surface area contributed by atoms with Crippen LogP contribution in [0.1, 0.15) is 5.56 Å². The summed E-state index contributed by atoms with van der Waals surface area (Å²) in [5, 5.41) is 4.94. The fraction of sp³-hybridized carbons (Fsp3) is 0.200. The monoisotopic (exact) mass is 241 g/mol.